The number of hydrogen-bond donors (Lipinski definition) is 1. The molecule has 2 rings (SSSR count). The van der Waals surface area contributed by atoms with Crippen LogP contribution in [0.3, 0.4) is 0 Å². The maximum Gasteiger partial charge on any atom is 0.127 e. The second-order valence-corrected chi connectivity index (χ2v) is 5.62. The van der Waals surface area contributed by atoms with Gasteiger partial charge in [-0.3, -0.25) is 0 Å². The highest BCUT2D eigenvalue weighted by Gasteiger charge is 2.22. The lowest BCUT2D eigenvalue weighted by Gasteiger charge is -2.14. The first-order valence-electron chi connectivity index (χ1n) is 7.40. The molecule has 1 saturated heterocycles. The van der Waals surface area contributed by atoms with Crippen molar-refractivity contribution in [1.82, 2.24) is 0 Å². The molecule has 1 heterocycles. The molecule has 0 radical (unpaired) electrons. The van der Waals surface area contributed by atoms with E-state index >= 15 is 0 Å². The average molecular weight is 281 g/mol. The van der Waals surface area contributed by atoms with Gasteiger partial charge in [0.25, 0.3) is 0 Å². The summed E-state index contributed by atoms with van der Waals surface area (Å²) in [4.78, 5) is 0. The summed E-state index contributed by atoms with van der Waals surface area (Å²) in [7, 11) is 0. The third kappa shape index (κ3) is 4.46. The summed E-state index contributed by atoms with van der Waals surface area (Å²) < 4.78 is 24.9. The lowest BCUT2D eigenvalue weighted by molar-refractivity contribution is 0.0264. The van der Waals surface area contributed by atoms with Crippen molar-refractivity contribution in [3.63, 3.8) is 0 Å². The molecule has 20 heavy (non-hydrogen) atoms. The SMILES string of the molecule is CCC(N)Cc1cc(F)cc(OCC2CCC(C)O2)c1. The number of benzene rings is 1. The molecule has 1 aliphatic rings. The van der Waals surface area contributed by atoms with Crippen LogP contribution in [-0.2, 0) is 11.2 Å². The van der Waals surface area contributed by atoms with Crippen LogP contribution >= 0.6 is 0 Å². The van der Waals surface area contributed by atoms with Crippen LogP contribution in [0.15, 0.2) is 18.2 Å². The molecular weight excluding hydrogens is 257 g/mol. The number of rotatable bonds is 6. The zero-order chi connectivity index (χ0) is 14.5. The Kier molecular flexibility index (Phi) is 5.38. The Labute approximate surface area is 120 Å². The highest BCUT2D eigenvalue weighted by atomic mass is 19.1. The molecule has 0 amide bonds. The Morgan fingerprint density at radius 1 is 1.40 bits per heavy atom. The van der Waals surface area contributed by atoms with Crippen LogP contribution in [-0.4, -0.2) is 24.9 Å². The largest absolute Gasteiger partial charge is 0.491 e. The van der Waals surface area contributed by atoms with E-state index in [0.717, 1.165) is 24.8 Å². The van der Waals surface area contributed by atoms with Crippen LogP contribution in [0, 0.1) is 5.82 Å². The van der Waals surface area contributed by atoms with E-state index in [1.165, 1.54) is 12.1 Å². The molecule has 0 aliphatic carbocycles. The molecule has 4 heteroatoms. The molecule has 1 aromatic rings. The third-order valence-corrected chi connectivity index (χ3v) is 3.71. The molecule has 1 aliphatic heterocycles. The Hall–Kier alpha value is -1.13. The van der Waals surface area contributed by atoms with Gasteiger partial charge in [0.1, 0.15) is 18.2 Å². The average Bonchev–Trinajstić information content (AvgIpc) is 2.81. The van der Waals surface area contributed by atoms with E-state index in [-0.39, 0.29) is 18.0 Å². The fraction of sp³-hybridized carbons (Fsp3) is 0.625. The van der Waals surface area contributed by atoms with E-state index in [4.69, 9.17) is 15.2 Å². The van der Waals surface area contributed by atoms with Crippen molar-refractivity contribution in [1.29, 1.82) is 0 Å². The molecular formula is C16H24FNO2. The van der Waals surface area contributed by atoms with E-state index in [9.17, 15) is 4.39 Å². The van der Waals surface area contributed by atoms with Gasteiger partial charge in [-0.15, -0.1) is 0 Å². The summed E-state index contributed by atoms with van der Waals surface area (Å²) in [6.07, 6.45) is 4.03. The molecule has 1 fully saturated rings. The van der Waals surface area contributed by atoms with Gasteiger partial charge in [-0.1, -0.05) is 6.92 Å². The molecule has 0 bridgehead atoms. The minimum absolute atomic E-state index is 0.0589. The lowest BCUT2D eigenvalue weighted by atomic mass is 10.0. The molecule has 0 spiro atoms. The quantitative estimate of drug-likeness (QED) is 0.871. The second-order valence-electron chi connectivity index (χ2n) is 5.62. The molecule has 0 saturated carbocycles. The van der Waals surface area contributed by atoms with Crippen molar-refractivity contribution >= 4 is 0 Å². The first-order valence-corrected chi connectivity index (χ1v) is 7.40. The van der Waals surface area contributed by atoms with Gasteiger partial charge in [0.15, 0.2) is 0 Å². The lowest BCUT2D eigenvalue weighted by Crippen LogP contribution is -2.21. The molecule has 2 N–H and O–H groups in total. The van der Waals surface area contributed by atoms with Crippen LogP contribution in [0.4, 0.5) is 4.39 Å². The highest BCUT2D eigenvalue weighted by molar-refractivity contribution is 5.30. The number of nitrogens with two attached hydrogens (primary N) is 1. The number of ether oxygens (including phenoxy) is 2. The molecule has 112 valence electrons. The van der Waals surface area contributed by atoms with Crippen molar-refractivity contribution in [2.75, 3.05) is 6.61 Å². The van der Waals surface area contributed by atoms with E-state index in [1.54, 1.807) is 0 Å². The van der Waals surface area contributed by atoms with Gasteiger partial charge in [-0.25, -0.2) is 4.39 Å². The van der Waals surface area contributed by atoms with Crippen LogP contribution in [0.25, 0.3) is 0 Å². The summed E-state index contributed by atoms with van der Waals surface area (Å²) >= 11 is 0. The van der Waals surface area contributed by atoms with Crippen LogP contribution in [0.2, 0.25) is 0 Å². The first kappa shape index (κ1) is 15.3. The number of halogens is 1. The van der Waals surface area contributed by atoms with Gasteiger partial charge in [-0.05, 0) is 50.3 Å². The monoisotopic (exact) mass is 281 g/mol. The maximum absolute atomic E-state index is 13.6. The summed E-state index contributed by atoms with van der Waals surface area (Å²) in [6, 6.07) is 4.87. The van der Waals surface area contributed by atoms with E-state index in [1.807, 2.05) is 13.0 Å². The molecule has 3 unspecified atom stereocenters. The normalized spacial score (nSPS) is 23.8. The van der Waals surface area contributed by atoms with Gasteiger partial charge in [0, 0.05) is 12.1 Å². The van der Waals surface area contributed by atoms with Gasteiger partial charge >= 0.3 is 0 Å². The third-order valence-electron chi connectivity index (χ3n) is 3.71. The van der Waals surface area contributed by atoms with Crippen molar-refractivity contribution in [3.8, 4) is 5.75 Å². The first-order chi connectivity index (χ1) is 9.56. The van der Waals surface area contributed by atoms with Crippen molar-refractivity contribution in [2.24, 2.45) is 5.73 Å². The highest BCUT2D eigenvalue weighted by Crippen LogP contribution is 2.22. The maximum atomic E-state index is 13.6. The molecule has 3 nitrogen and oxygen atoms in total. The molecule has 3 atom stereocenters. The minimum atomic E-state index is -0.276. The topological polar surface area (TPSA) is 44.5 Å². The summed E-state index contributed by atoms with van der Waals surface area (Å²) in [6.45, 7) is 4.57. The second kappa shape index (κ2) is 7.04. The fourth-order valence-electron chi connectivity index (χ4n) is 2.47. The Morgan fingerprint density at radius 2 is 2.20 bits per heavy atom. The smallest absolute Gasteiger partial charge is 0.127 e. The molecule has 0 aromatic heterocycles. The minimum Gasteiger partial charge on any atom is -0.491 e. The predicted molar refractivity (Wildman–Crippen MR) is 77.4 cm³/mol. The van der Waals surface area contributed by atoms with Gasteiger partial charge < -0.3 is 15.2 Å². The Bertz CT molecular complexity index is 438. The Balaban J connectivity index is 1.93. The number of hydrogen-bond acceptors (Lipinski definition) is 3. The molecule has 1 aromatic carbocycles. The van der Waals surface area contributed by atoms with Gasteiger partial charge in [-0.2, -0.15) is 0 Å². The zero-order valence-electron chi connectivity index (χ0n) is 12.3. The summed E-state index contributed by atoms with van der Waals surface area (Å²) in [5, 5.41) is 0. The van der Waals surface area contributed by atoms with Gasteiger partial charge in [0.05, 0.1) is 12.2 Å². The van der Waals surface area contributed by atoms with Crippen molar-refractivity contribution in [2.45, 2.75) is 57.8 Å². The zero-order valence-corrected chi connectivity index (χ0v) is 12.3. The predicted octanol–water partition coefficient (Wildman–Crippen LogP) is 3.05. The Morgan fingerprint density at radius 3 is 2.85 bits per heavy atom. The summed E-state index contributed by atoms with van der Waals surface area (Å²) in [5.74, 6) is 0.285. The van der Waals surface area contributed by atoms with E-state index < -0.39 is 0 Å². The van der Waals surface area contributed by atoms with E-state index in [2.05, 4.69) is 6.92 Å². The van der Waals surface area contributed by atoms with Gasteiger partial charge in [0.2, 0.25) is 0 Å². The van der Waals surface area contributed by atoms with E-state index in [0.29, 0.717) is 24.9 Å². The fourth-order valence-corrected chi connectivity index (χ4v) is 2.47. The van der Waals surface area contributed by atoms with Crippen LogP contribution < -0.4 is 10.5 Å². The standard InChI is InChI=1S/C16H24FNO2/c1-3-14(18)7-12-6-13(17)9-16(8-12)19-10-15-5-4-11(2)20-15/h6,8-9,11,14-15H,3-5,7,10,18H2,1-2H3. The van der Waals surface area contributed by atoms with Crippen molar-refractivity contribution in [3.05, 3.63) is 29.6 Å². The van der Waals surface area contributed by atoms with Crippen LogP contribution in [0.1, 0.15) is 38.7 Å². The van der Waals surface area contributed by atoms with Crippen LogP contribution in [0.5, 0.6) is 5.75 Å². The summed E-state index contributed by atoms with van der Waals surface area (Å²) in [5.41, 5.74) is 6.79. The van der Waals surface area contributed by atoms with Crippen molar-refractivity contribution < 1.29 is 13.9 Å².